The number of nitrogens with zero attached hydrogens (tertiary/aromatic N) is 2. The summed E-state index contributed by atoms with van der Waals surface area (Å²) in [7, 11) is 0. The van der Waals surface area contributed by atoms with E-state index in [4.69, 9.17) is 4.52 Å². The number of aliphatic hydroxyl groups is 1. The van der Waals surface area contributed by atoms with Gasteiger partial charge in [-0.25, -0.2) is 0 Å². The molecule has 1 aromatic carbocycles. The van der Waals surface area contributed by atoms with Gasteiger partial charge in [-0.2, -0.15) is 4.98 Å². The van der Waals surface area contributed by atoms with Crippen LogP contribution >= 0.6 is 0 Å². The van der Waals surface area contributed by atoms with Crippen LogP contribution in [-0.4, -0.2) is 15.2 Å². The van der Waals surface area contributed by atoms with Crippen molar-refractivity contribution < 1.29 is 9.63 Å². The topological polar surface area (TPSA) is 59.2 Å². The van der Waals surface area contributed by atoms with E-state index in [1.54, 1.807) is 6.92 Å². The zero-order chi connectivity index (χ0) is 14.7. The largest absolute Gasteiger partial charge is 0.385 e. The molecular formula is C17H22N2O2. The molecule has 1 unspecified atom stereocenters. The lowest BCUT2D eigenvalue weighted by Crippen LogP contribution is -2.24. The van der Waals surface area contributed by atoms with Crippen LogP contribution in [0.2, 0.25) is 0 Å². The van der Waals surface area contributed by atoms with E-state index in [-0.39, 0.29) is 0 Å². The average Bonchev–Trinajstić information content (AvgIpc) is 2.97. The Labute approximate surface area is 125 Å². The van der Waals surface area contributed by atoms with Crippen molar-refractivity contribution in [2.75, 3.05) is 0 Å². The minimum atomic E-state index is -0.988. The first-order chi connectivity index (χ1) is 10.1. The van der Waals surface area contributed by atoms with Gasteiger partial charge in [0.15, 0.2) is 5.82 Å². The van der Waals surface area contributed by atoms with Crippen LogP contribution in [0.15, 0.2) is 34.9 Å². The van der Waals surface area contributed by atoms with Crippen molar-refractivity contribution in [3.05, 3.63) is 47.6 Å². The molecule has 1 atom stereocenters. The number of hydrogen-bond acceptors (Lipinski definition) is 4. The van der Waals surface area contributed by atoms with E-state index in [2.05, 4.69) is 10.1 Å². The predicted molar refractivity (Wildman–Crippen MR) is 79.8 cm³/mol. The van der Waals surface area contributed by atoms with Crippen molar-refractivity contribution in [1.82, 2.24) is 10.1 Å². The summed E-state index contributed by atoms with van der Waals surface area (Å²) in [5, 5.41) is 14.8. The Kier molecular flexibility index (Phi) is 4.06. The third-order valence-corrected chi connectivity index (χ3v) is 4.35. The molecule has 4 heteroatoms. The van der Waals surface area contributed by atoms with Gasteiger partial charge in [0, 0.05) is 5.92 Å². The molecule has 1 fully saturated rings. The minimum absolute atomic E-state index is 0.344. The normalized spacial score (nSPS) is 19.3. The maximum atomic E-state index is 10.6. The second-order valence-corrected chi connectivity index (χ2v) is 6.20. The zero-order valence-corrected chi connectivity index (χ0v) is 12.5. The maximum Gasteiger partial charge on any atom is 0.229 e. The second-order valence-electron chi connectivity index (χ2n) is 6.20. The first kappa shape index (κ1) is 14.3. The molecule has 21 heavy (non-hydrogen) atoms. The SMILES string of the molecule is CC(O)(Cc1nc(C2CCCCC2)no1)c1ccccc1. The van der Waals surface area contributed by atoms with Gasteiger partial charge in [0.1, 0.15) is 0 Å². The van der Waals surface area contributed by atoms with Crippen LogP contribution in [0.25, 0.3) is 0 Å². The Balaban J connectivity index is 1.72. The van der Waals surface area contributed by atoms with E-state index in [9.17, 15) is 5.11 Å². The fourth-order valence-corrected chi connectivity index (χ4v) is 3.06. The van der Waals surface area contributed by atoms with E-state index in [0.29, 0.717) is 18.2 Å². The summed E-state index contributed by atoms with van der Waals surface area (Å²) in [5.41, 5.74) is -0.125. The number of hydrogen-bond donors (Lipinski definition) is 1. The summed E-state index contributed by atoms with van der Waals surface area (Å²) in [6.45, 7) is 1.78. The van der Waals surface area contributed by atoms with Crippen LogP contribution in [0.1, 0.15) is 62.2 Å². The van der Waals surface area contributed by atoms with Gasteiger partial charge < -0.3 is 9.63 Å². The van der Waals surface area contributed by atoms with Gasteiger partial charge in [-0.3, -0.25) is 0 Å². The monoisotopic (exact) mass is 286 g/mol. The van der Waals surface area contributed by atoms with Gasteiger partial charge in [0.25, 0.3) is 0 Å². The second kappa shape index (κ2) is 5.98. The molecule has 0 radical (unpaired) electrons. The minimum Gasteiger partial charge on any atom is -0.385 e. The fourth-order valence-electron chi connectivity index (χ4n) is 3.06. The molecule has 0 saturated heterocycles. The van der Waals surface area contributed by atoms with Gasteiger partial charge in [-0.15, -0.1) is 0 Å². The van der Waals surface area contributed by atoms with Crippen LogP contribution in [0.5, 0.6) is 0 Å². The molecule has 1 heterocycles. The molecular weight excluding hydrogens is 264 g/mol. The Morgan fingerprint density at radius 3 is 2.62 bits per heavy atom. The van der Waals surface area contributed by atoms with Crippen LogP contribution < -0.4 is 0 Å². The Morgan fingerprint density at radius 1 is 1.19 bits per heavy atom. The molecule has 2 aromatic rings. The molecule has 1 aliphatic rings. The van der Waals surface area contributed by atoms with Gasteiger partial charge in [0.05, 0.1) is 12.0 Å². The summed E-state index contributed by atoms with van der Waals surface area (Å²) >= 11 is 0. The molecule has 1 N–H and O–H groups in total. The Bertz CT molecular complexity index is 571. The van der Waals surface area contributed by atoms with Crippen LogP contribution in [0.4, 0.5) is 0 Å². The lowest BCUT2D eigenvalue weighted by Gasteiger charge is -2.21. The first-order valence-corrected chi connectivity index (χ1v) is 7.75. The van der Waals surface area contributed by atoms with Crippen molar-refractivity contribution in [3.63, 3.8) is 0 Å². The average molecular weight is 286 g/mol. The first-order valence-electron chi connectivity index (χ1n) is 7.75. The summed E-state index contributed by atoms with van der Waals surface area (Å²) < 4.78 is 5.35. The Morgan fingerprint density at radius 2 is 1.90 bits per heavy atom. The van der Waals surface area contributed by atoms with Crippen LogP contribution in [0, 0.1) is 0 Å². The Hall–Kier alpha value is -1.68. The summed E-state index contributed by atoms with van der Waals surface area (Å²) in [6, 6.07) is 9.61. The summed E-state index contributed by atoms with van der Waals surface area (Å²) in [4.78, 5) is 4.51. The van der Waals surface area contributed by atoms with Crippen molar-refractivity contribution in [1.29, 1.82) is 0 Å². The molecule has 0 bridgehead atoms. The van der Waals surface area contributed by atoms with Crippen molar-refractivity contribution in [2.45, 2.75) is 57.0 Å². The smallest absolute Gasteiger partial charge is 0.229 e. The fraction of sp³-hybridized carbons (Fsp3) is 0.529. The highest BCUT2D eigenvalue weighted by atomic mass is 16.5. The number of rotatable bonds is 4. The quantitative estimate of drug-likeness (QED) is 0.933. The van der Waals surface area contributed by atoms with Gasteiger partial charge in [-0.05, 0) is 25.3 Å². The number of benzene rings is 1. The molecule has 1 aliphatic carbocycles. The zero-order valence-electron chi connectivity index (χ0n) is 12.5. The standard InChI is InChI=1S/C17H22N2O2/c1-17(20,14-10-6-3-7-11-14)12-15-18-16(19-21-15)13-8-4-2-5-9-13/h3,6-7,10-11,13,20H,2,4-5,8-9,12H2,1H3. The molecule has 4 nitrogen and oxygen atoms in total. The van der Waals surface area contributed by atoms with Gasteiger partial charge in [-0.1, -0.05) is 54.8 Å². The predicted octanol–water partition coefficient (Wildman–Crippen LogP) is 3.57. The van der Waals surface area contributed by atoms with Crippen molar-refractivity contribution >= 4 is 0 Å². The van der Waals surface area contributed by atoms with Crippen LogP contribution in [0.3, 0.4) is 0 Å². The van der Waals surface area contributed by atoms with E-state index >= 15 is 0 Å². The summed E-state index contributed by atoms with van der Waals surface area (Å²) in [6.07, 6.45) is 6.44. The lowest BCUT2D eigenvalue weighted by atomic mass is 9.89. The molecule has 112 valence electrons. The third kappa shape index (κ3) is 3.32. The van der Waals surface area contributed by atoms with Gasteiger partial charge in [0.2, 0.25) is 5.89 Å². The molecule has 0 aliphatic heterocycles. The molecule has 0 amide bonds. The summed E-state index contributed by atoms with van der Waals surface area (Å²) in [5.74, 6) is 1.76. The molecule has 1 aromatic heterocycles. The highest BCUT2D eigenvalue weighted by molar-refractivity contribution is 5.22. The third-order valence-electron chi connectivity index (χ3n) is 4.35. The molecule has 1 saturated carbocycles. The molecule has 3 rings (SSSR count). The number of aromatic nitrogens is 2. The van der Waals surface area contributed by atoms with Crippen molar-refractivity contribution in [3.8, 4) is 0 Å². The van der Waals surface area contributed by atoms with E-state index in [1.807, 2.05) is 30.3 Å². The van der Waals surface area contributed by atoms with Crippen molar-refractivity contribution in [2.24, 2.45) is 0 Å². The molecule has 0 spiro atoms. The highest BCUT2D eigenvalue weighted by Gasteiger charge is 2.28. The van der Waals surface area contributed by atoms with E-state index < -0.39 is 5.60 Å². The lowest BCUT2D eigenvalue weighted by molar-refractivity contribution is 0.0490. The van der Waals surface area contributed by atoms with Gasteiger partial charge >= 0.3 is 0 Å². The highest BCUT2D eigenvalue weighted by Crippen LogP contribution is 2.31. The van der Waals surface area contributed by atoms with E-state index in [0.717, 1.165) is 24.2 Å². The van der Waals surface area contributed by atoms with Crippen LogP contribution in [-0.2, 0) is 12.0 Å². The van der Waals surface area contributed by atoms with E-state index in [1.165, 1.54) is 19.3 Å². The maximum absolute atomic E-state index is 10.6.